The minimum absolute atomic E-state index is 0.0362. The van der Waals surface area contributed by atoms with Crippen molar-refractivity contribution >= 4 is 11.7 Å². The van der Waals surface area contributed by atoms with E-state index in [9.17, 15) is 9.18 Å². The number of hydrogen-bond donors (Lipinski definition) is 1. The van der Waals surface area contributed by atoms with Gasteiger partial charge in [-0.25, -0.2) is 14.2 Å². The number of aromatic nitrogens is 1. The number of rotatable bonds is 4. The Kier molecular flexibility index (Phi) is 4.29. The fourth-order valence-electron chi connectivity index (χ4n) is 2.26. The maximum absolute atomic E-state index is 13.1. The van der Waals surface area contributed by atoms with E-state index >= 15 is 0 Å². The molecule has 2 aromatic carbocycles. The molecule has 0 spiro atoms. The average molecular weight is 326 g/mol. The number of para-hydroxylation sites is 1. The van der Waals surface area contributed by atoms with E-state index in [0.717, 1.165) is 0 Å². The Labute approximate surface area is 137 Å². The van der Waals surface area contributed by atoms with Crippen LogP contribution >= 0.6 is 0 Å². The van der Waals surface area contributed by atoms with Crippen LogP contribution in [-0.4, -0.2) is 17.6 Å². The molecule has 3 aromatic rings. The second kappa shape index (κ2) is 6.54. The monoisotopic (exact) mass is 326 g/mol. The first-order valence-electron chi connectivity index (χ1n) is 7.39. The summed E-state index contributed by atoms with van der Waals surface area (Å²) in [5.74, 6) is -0.557. The molecule has 0 atom stereocenters. The van der Waals surface area contributed by atoms with E-state index in [1.54, 1.807) is 31.2 Å². The number of nitrogen functional groups attached to an aromatic ring is 1. The smallest absolute Gasteiger partial charge is 0.361 e. The van der Waals surface area contributed by atoms with Crippen molar-refractivity contribution in [1.29, 1.82) is 0 Å². The van der Waals surface area contributed by atoms with E-state index in [2.05, 4.69) is 4.98 Å². The summed E-state index contributed by atoms with van der Waals surface area (Å²) in [6, 6.07) is 12.6. The molecule has 3 rings (SSSR count). The van der Waals surface area contributed by atoms with Gasteiger partial charge in [0, 0.05) is 16.8 Å². The van der Waals surface area contributed by atoms with Crippen molar-refractivity contribution in [3.8, 4) is 22.8 Å². The lowest BCUT2D eigenvalue weighted by Gasteiger charge is -2.04. The predicted molar refractivity (Wildman–Crippen MR) is 87.7 cm³/mol. The number of anilines is 1. The zero-order chi connectivity index (χ0) is 17.1. The molecule has 0 saturated carbocycles. The number of oxazole rings is 1. The molecule has 0 amide bonds. The van der Waals surface area contributed by atoms with Gasteiger partial charge in [-0.3, -0.25) is 0 Å². The minimum atomic E-state index is -0.604. The number of carbonyl (C=O) groups excluding carboxylic acids is 1. The van der Waals surface area contributed by atoms with Gasteiger partial charge in [0.15, 0.2) is 11.5 Å². The molecule has 0 aliphatic heterocycles. The van der Waals surface area contributed by atoms with Gasteiger partial charge in [0.1, 0.15) is 5.82 Å². The van der Waals surface area contributed by atoms with Crippen LogP contribution in [0.25, 0.3) is 22.8 Å². The van der Waals surface area contributed by atoms with Crippen LogP contribution in [0.3, 0.4) is 0 Å². The van der Waals surface area contributed by atoms with Gasteiger partial charge >= 0.3 is 5.97 Å². The van der Waals surface area contributed by atoms with Crippen molar-refractivity contribution in [3.63, 3.8) is 0 Å². The van der Waals surface area contributed by atoms with Gasteiger partial charge in [0.05, 0.1) is 6.61 Å². The Bertz CT molecular complexity index is 872. The first-order valence-corrected chi connectivity index (χ1v) is 7.39. The molecular weight excluding hydrogens is 311 g/mol. The van der Waals surface area contributed by atoms with Crippen LogP contribution in [0, 0.1) is 5.82 Å². The number of esters is 1. The summed E-state index contributed by atoms with van der Waals surface area (Å²) in [4.78, 5) is 16.4. The summed E-state index contributed by atoms with van der Waals surface area (Å²) >= 11 is 0. The van der Waals surface area contributed by atoms with Crippen molar-refractivity contribution in [2.24, 2.45) is 0 Å². The van der Waals surface area contributed by atoms with Gasteiger partial charge in [-0.2, -0.15) is 0 Å². The lowest BCUT2D eigenvalue weighted by molar-refractivity contribution is 0.0520. The van der Waals surface area contributed by atoms with Crippen LogP contribution in [0.4, 0.5) is 10.1 Å². The SMILES string of the molecule is CCOC(=O)c1nc(-c2ccc(F)cc2)oc1-c1ccccc1N. The highest BCUT2D eigenvalue weighted by Crippen LogP contribution is 2.33. The van der Waals surface area contributed by atoms with Crippen molar-refractivity contribution in [2.75, 3.05) is 12.3 Å². The summed E-state index contributed by atoms with van der Waals surface area (Å²) in [7, 11) is 0. The average Bonchev–Trinajstić information content (AvgIpc) is 3.01. The van der Waals surface area contributed by atoms with Gasteiger partial charge in [0.2, 0.25) is 5.89 Å². The first kappa shape index (κ1) is 15.7. The second-order valence-electron chi connectivity index (χ2n) is 5.01. The van der Waals surface area contributed by atoms with Gasteiger partial charge in [-0.1, -0.05) is 12.1 Å². The molecule has 0 unspecified atom stereocenters. The molecule has 2 N–H and O–H groups in total. The van der Waals surface area contributed by atoms with Crippen molar-refractivity contribution in [1.82, 2.24) is 4.98 Å². The molecular formula is C18H15FN2O3. The number of hydrogen-bond acceptors (Lipinski definition) is 5. The van der Waals surface area contributed by atoms with Gasteiger partial charge in [0.25, 0.3) is 0 Å². The van der Waals surface area contributed by atoms with Crippen LogP contribution in [0.1, 0.15) is 17.4 Å². The largest absolute Gasteiger partial charge is 0.461 e. The molecule has 5 nitrogen and oxygen atoms in total. The summed E-state index contributed by atoms with van der Waals surface area (Å²) < 4.78 is 23.9. The molecule has 0 saturated heterocycles. The van der Waals surface area contributed by atoms with E-state index in [1.165, 1.54) is 24.3 Å². The van der Waals surface area contributed by atoms with Crippen LogP contribution in [0.2, 0.25) is 0 Å². The first-order chi connectivity index (χ1) is 11.6. The molecule has 0 radical (unpaired) electrons. The fraction of sp³-hybridized carbons (Fsp3) is 0.111. The third-order valence-corrected chi connectivity index (χ3v) is 3.39. The zero-order valence-corrected chi connectivity index (χ0v) is 13.0. The van der Waals surface area contributed by atoms with Crippen LogP contribution in [-0.2, 0) is 4.74 Å². The molecule has 0 aliphatic rings. The number of ether oxygens (including phenoxy) is 1. The Balaban J connectivity index is 2.14. The second-order valence-corrected chi connectivity index (χ2v) is 5.01. The Hall–Kier alpha value is -3.15. The lowest BCUT2D eigenvalue weighted by Crippen LogP contribution is -2.07. The molecule has 0 bridgehead atoms. The number of carbonyl (C=O) groups is 1. The molecule has 6 heteroatoms. The topological polar surface area (TPSA) is 78.3 Å². The molecule has 24 heavy (non-hydrogen) atoms. The van der Waals surface area contributed by atoms with Crippen molar-refractivity contribution in [2.45, 2.75) is 6.92 Å². The maximum Gasteiger partial charge on any atom is 0.361 e. The predicted octanol–water partition coefficient (Wildman–Crippen LogP) is 3.91. The van der Waals surface area contributed by atoms with E-state index < -0.39 is 5.97 Å². The third-order valence-electron chi connectivity index (χ3n) is 3.39. The summed E-state index contributed by atoms with van der Waals surface area (Å²) in [5, 5.41) is 0. The quantitative estimate of drug-likeness (QED) is 0.581. The zero-order valence-electron chi connectivity index (χ0n) is 13.0. The number of benzene rings is 2. The fourth-order valence-corrected chi connectivity index (χ4v) is 2.26. The van der Waals surface area contributed by atoms with Crippen LogP contribution < -0.4 is 5.73 Å². The van der Waals surface area contributed by atoms with E-state index in [0.29, 0.717) is 16.8 Å². The highest BCUT2D eigenvalue weighted by molar-refractivity contribution is 5.96. The Morgan fingerprint density at radius 1 is 1.21 bits per heavy atom. The highest BCUT2D eigenvalue weighted by atomic mass is 19.1. The standard InChI is InChI=1S/C18H15FN2O3/c1-2-23-18(22)15-16(13-5-3-4-6-14(13)20)24-17(21-15)11-7-9-12(19)10-8-11/h3-10H,2,20H2,1H3. The number of nitrogens with two attached hydrogens (primary N) is 1. The number of nitrogens with zero attached hydrogens (tertiary/aromatic N) is 1. The van der Waals surface area contributed by atoms with Crippen LogP contribution in [0.5, 0.6) is 0 Å². The number of halogens is 1. The summed E-state index contributed by atoms with van der Waals surface area (Å²) in [6.45, 7) is 1.91. The van der Waals surface area contributed by atoms with Gasteiger partial charge in [-0.15, -0.1) is 0 Å². The molecule has 122 valence electrons. The van der Waals surface area contributed by atoms with E-state index in [1.807, 2.05) is 0 Å². The minimum Gasteiger partial charge on any atom is -0.461 e. The Morgan fingerprint density at radius 3 is 2.58 bits per heavy atom. The van der Waals surface area contributed by atoms with Gasteiger partial charge < -0.3 is 14.9 Å². The Morgan fingerprint density at radius 2 is 1.92 bits per heavy atom. The van der Waals surface area contributed by atoms with Crippen LogP contribution in [0.15, 0.2) is 52.9 Å². The lowest BCUT2D eigenvalue weighted by atomic mass is 10.1. The van der Waals surface area contributed by atoms with Crippen molar-refractivity contribution in [3.05, 3.63) is 60.0 Å². The maximum atomic E-state index is 13.1. The summed E-state index contributed by atoms with van der Waals surface area (Å²) in [6.07, 6.45) is 0. The van der Waals surface area contributed by atoms with E-state index in [-0.39, 0.29) is 29.8 Å². The third kappa shape index (κ3) is 2.99. The molecule has 1 aromatic heterocycles. The highest BCUT2D eigenvalue weighted by Gasteiger charge is 2.24. The normalized spacial score (nSPS) is 10.6. The van der Waals surface area contributed by atoms with Crippen molar-refractivity contribution < 1.29 is 18.3 Å². The van der Waals surface area contributed by atoms with E-state index in [4.69, 9.17) is 14.9 Å². The van der Waals surface area contributed by atoms with Gasteiger partial charge in [-0.05, 0) is 43.3 Å². The molecule has 0 fully saturated rings. The summed E-state index contributed by atoms with van der Waals surface area (Å²) in [5.41, 5.74) is 7.55. The molecule has 1 heterocycles. The molecule has 0 aliphatic carbocycles.